The number of carbonyl (C=O) groups is 1. The van der Waals surface area contributed by atoms with Gasteiger partial charge in [0.2, 0.25) is 0 Å². The molecule has 2 rings (SSSR count). The van der Waals surface area contributed by atoms with Crippen LogP contribution in [0.2, 0.25) is 0 Å². The fraction of sp³-hybridized carbons (Fsp3) is 0.562. The predicted octanol–water partition coefficient (Wildman–Crippen LogP) is 2.07. The molecule has 5 heteroatoms. The van der Waals surface area contributed by atoms with E-state index in [1.807, 2.05) is 0 Å². The highest BCUT2D eigenvalue weighted by atomic mass is 16.5. The monoisotopic (exact) mass is 293 g/mol. The summed E-state index contributed by atoms with van der Waals surface area (Å²) >= 11 is 0. The van der Waals surface area contributed by atoms with Crippen LogP contribution in [0.15, 0.2) is 18.2 Å². The van der Waals surface area contributed by atoms with Gasteiger partial charge in [0.25, 0.3) is 5.91 Å². The van der Waals surface area contributed by atoms with Gasteiger partial charge in [0.05, 0.1) is 18.3 Å². The van der Waals surface area contributed by atoms with Crippen molar-refractivity contribution in [2.24, 2.45) is 5.92 Å². The Bertz CT molecular complexity index is 507. The van der Waals surface area contributed by atoms with Gasteiger partial charge in [0.1, 0.15) is 0 Å². The Hall–Kier alpha value is -1.75. The molecule has 5 nitrogen and oxygen atoms in total. The standard InChI is InChI=1S/C16H23NO4/c1-11-6-8-16(20,9-7-11)10-17-15(19)12-4-3-5-13(21-2)14(12)18/h3-5,11,18,20H,6-10H2,1-2H3,(H,17,19). The number of methoxy groups -OCH3 is 1. The number of aliphatic hydroxyl groups is 1. The van der Waals surface area contributed by atoms with E-state index in [-0.39, 0.29) is 23.6 Å². The van der Waals surface area contributed by atoms with Crippen LogP contribution in [0.5, 0.6) is 11.5 Å². The van der Waals surface area contributed by atoms with E-state index >= 15 is 0 Å². The second kappa shape index (κ2) is 6.35. The second-order valence-electron chi connectivity index (χ2n) is 5.95. The van der Waals surface area contributed by atoms with Gasteiger partial charge in [-0.25, -0.2) is 0 Å². The minimum atomic E-state index is -0.837. The molecular formula is C16H23NO4. The van der Waals surface area contributed by atoms with Crippen LogP contribution < -0.4 is 10.1 Å². The number of carbonyl (C=O) groups excluding carboxylic acids is 1. The van der Waals surface area contributed by atoms with Crippen molar-refractivity contribution in [3.63, 3.8) is 0 Å². The zero-order valence-electron chi connectivity index (χ0n) is 12.6. The minimum absolute atomic E-state index is 0.155. The Balaban J connectivity index is 1.99. The lowest BCUT2D eigenvalue weighted by molar-refractivity contribution is -0.00542. The number of hydrogen-bond acceptors (Lipinski definition) is 4. The molecule has 1 fully saturated rings. The number of aromatic hydroxyl groups is 1. The number of amides is 1. The molecule has 1 aliphatic carbocycles. The predicted molar refractivity (Wildman–Crippen MR) is 79.6 cm³/mol. The zero-order chi connectivity index (χ0) is 15.5. The van der Waals surface area contributed by atoms with Crippen molar-refractivity contribution in [2.75, 3.05) is 13.7 Å². The molecule has 0 saturated heterocycles. The van der Waals surface area contributed by atoms with Crippen LogP contribution in [0.25, 0.3) is 0 Å². The molecule has 1 aliphatic rings. The molecule has 0 atom stereocenters. The third-order valence-corrected chi connectivity index (χ3v) is 4.25. The van der Waals surface area contributed by atoms with E-state index in [2.05, 4.69) is 12.2 Å². The molecule has 0 spiro atoms. The molecule has 21 heavy (non-hydrogen) atoms. The summed E-state index contributed by atoms with van der Waals surface area (Å²) in [5.74, 6) is 0.302. The highest BCUT2D eigenvalue weighted by Gasteiger charge is 2.32. The van der Waals surface area contributed by atoms with Gasteiger partial charge in [-0.1, -0.05) is 13.0 Å². The van der Waals surface area contributed by atoms with E-state index in [0.29, 0.717) is 18.8 Å². The molecule has 0 aromatic heterocycles. The number of hydrogen-bond donors (Lipinski definition) is 3. The molecule has 1 aromatic rings. The number of nitrogens with one attached hydrogen (secondary N) is 1. The Kier molecular flexibility index (Phi) is 4.73. The summed E-state index contributed by atoms with van der Waals surface area (Å²) in [5.41, 5.74) is -0.682. The number of rotatable bonds is 4. The first-order chi connectivity index (χ1) is 9.95. The number of phenolic OH excluding ortho intramolecular Hbond substituents is 1. The van der Waals surface area contributed by atoms with Crippen LogP contribution in [0, 0.1) is 5.92 Å². The Morgan fingerprint density at radius 1 is 1.43 bits per heavy atom. The lowest BCUT2D eigenvalue weighted by Crippen LogP contribution is -2.45. The summed E-state index contributed by atoms with van der Waals surface area (Å²) in [4.78, 5) is 12.1. The fourth-order valence-corrected chi connectivity index (χ4v) is 2.69. The van der Waals surface area contributed by atoms with E-state index < -0.39 is 11.5 Å². The van der Waals surface area contributed by atoms with Crippen molar-refractivity contribution < 1.29 is 19.7 Å². The second-order valence-corrected chi connectivity index (χ2v) is 5.95. The van der Waals surface area contributed by atoms with Crippen LogP contribution in [-0.2, 0) is 0 Å². The molecule has 0 unspecified atom stereocenters. The van der Waals surface area contributed by atoms with Gasteiger partial charge in [0.15, 0.2) is 11.5 Å². The van der Waals surface area contributed by atoms with Crippen molar-refractivity contribution in [1.82, 2.24) is 5.32 Å². The maximum absolute atomic E-state index is 12.1. The summed E-state index contributed by atoms with van der Waals surface area (Å²) < 4.78 is 4.98. The maximum Gasteiger partial charge on any atom is 0.255 e. The fourth-order valence-electron chi connectivity index (χ4n) is 2.69. The van der Waals surface area contributed by atoms with Crippen molar-refractivity contribution in [2.45, 2.75) is 38.2 Å². The third kappa shape index (κ3) is 3.67. The lowest BCUT2D eigenvalue weighted by atomic mass is 9.79. The van der Waals surface area contributed by atoms with Gasteiger partial charge < -0.3 is 20.3 Å². The van der Waals surface area contributed by atoms with Crippen molar-refractivity contribution in [3.8, 4) is 11.5 Å². The van der Waals surface area contributed by atoms with Crippen molar-refractivity contribution in [3.05, 3.63) is 23.8 Å². The molecule has 0 aliphatic heterocycles. The molecular weight excluding hydrogens is 270 g/mol. The first kappa shape index (κ1) is 15.6. The van der Waals surface area contributed by atoms with Gasteiger partial charge in [-0.15, -0.1) is 0 Å². The highest BCUT2D eigenvalue weighted by Crippen LogP contribution is 2.32. The van der Waals surface area contributed by atoms with E-state index in [4.69, 9.17) is 4.74 Å². The summed E-state index contributed by atoms with van der Waals surface area (Å²) in [7, 11) is 1.43. The van der Waals surface area contributed by atoms with E-state index in [0.717, 1.165) is 12.8 Å². The Morgan fingerprint density at radius 3 is 2.71 bits per heavy atom. The van der Waals surface area contributed by atoms with Crippen LogP contribution in [0.1, 0.15) is 43.0 Å². The zero-order valence-corrected chi connectivity index (χ0v) is 12.6. The molecule has 3 N–H and O–H groups in total. The molecule has 1 amide bonds. The Morgan fingerprint density at radius 2 is 2.10 bits per heavy atom. The van der Waals surface area contributed by atoms with Gasteiger partial charge in [-0.2, -0.15) is 0 Å². The van der Waals surface area contributed by atoms with E-state index in [1.54, 1.807) is 12.1 Å². The van der Waals surface area contributed by atoms with Crippen LogP contribution >= 0.6 is 0 Å². The SMILES string of the molecule is COc1cccc(C(=O)NCC2(O)CCC(C)CC2)c1O. The summed E-state index contributed by atoms with van der Waals surface area (Å²) in [6.45, 7) is 2.38. The molecule has 116 valence electrons. The van der Waals surface area contributed by atoms with Crippen LogP contribution in [0.4, 0.5) is 0 Å². The van der Waals surface area contributed by atoms with Crippen LogP contribution in [-0.4, -0.2) is 35.4 Å². The van der Waals surface area contributed by atoms with Crippen molar-refractivity contribution >= 4 is 5.91 Å². The molecule has 0 radical (unpaired) electrons. The first-order valence-corrected chi connectivity index (χ1v) is 7.32. The molecule has 0 heterocycles. The third-order valence-electron chi connectivity index (χ3n) is 4.25. The highest BCUT2D eigenvalue weighted by molar-refractivity contribution is 5.97. The van der Waals surface area contributed by atoms with Gasteiger partial charge in [-0.05, 0) is 43.7 Å². The number of phenols is 1. The maximum atomic E-state index is 12.1. The van der Waals surface area contributed by atoms with E-state index in [1.165, 1.54) is 13.2 Å². The minimum Gasteiger partial charge on any atom is -0.504 e. The van der Waals surface area contributed by atoms with Gasteiger partial charge >= 0.3 is 0 Å². The largest absolute Gasteiger partial charge is 0.504 e. The molecule has 1 saturated carbocycles. The topological polar surface area (TPSA) is 78.8 Å². The average molecular weight is 293 g/mol. The lowest BCUT2D eigenvalue weighted by Gasteiger charge is -2.34. The number of benzene rings is 1. The number of para-hydroxylation sites is 1. The average Bonchev–Trinajstić information content (AvgIpc) is 2.48. The molecule has 0 bridgehead atoms. The summed E-state index contributed by atoms with van der Waals surface area (Å²) in [6, 6.07) is 4.76. The Labute approximate surface area is 124 Å². The van der Waals surface area contributed by atoms with E-state index in [9.17, 15) is 15.0 Å². The smallest absolute Gasteiger partial charge is 0.255 e. The number of ether oxygens (including phenoxy) is 1. The summed E-state index contributed by atoms with van der Waals surface area (Å²) in [5, 5.41) is 23.1. The normalized spacial score (nSPS) is 25.4. The van der Waals surface area contributed by atoms with Gasteiger partial charge in [-0.3, -0.25) is 4.79 Å². The first-order valence-electron chi connectivity index (χ1n) is 7.32. The van der Waals surface area contributed by atoms with Crippen LogP contribution in [0.3, 0.4) is 0 Å². The quantitative estimate of drug-likeness (QED) is 0.794. The van der Waals surface area contributed by atoms with Gasteiger partial charge in [0, 0.05) is 6.54 Å². The summed E-state index contributed by atoms with van der Waals surface area (Å²) in [6.07, 6.45) is 3.32. The van der Waals surface area contributed by atoms with Crippen molar-refractivity contribution in [1.29, 1.82) is 0 Å². The molecule has 1 aromatic carbocycles.